The smallest absolute Gasteiger partial charge is 0.160 e. The molecule has 0 N–H and O–H groups in total. The molecule has 2 nitrogen and oxygen atoms in total. The van der Waals surface area contributed by atoms with Gasteiger partial charge in [-0.1, -0.05) is 200 Å². The number of hydrogen-bond donors (Lipinski definition) is 0. The molecule has 9 aromatic carbocycles. The van der Waals surface area contributed by atoms with Gasteiger partial charge in [-0.15, -0.1) is 0 Å². The molecular formula is C59H38N2S. The summed E-state index contributed by atoms with van der Waals surface area (Å²) >= 11 is 1.88. The summed E-state index contributed by atoms with van der Waals surface area (Å²) in [5.74, 6) is 0.694. The van der Waals surface area contributed by atoms with Crippen LogP contribution in [-0.4, -0.2) is 9.97 Å². The van der Waals surface area contributed by atoms with Gasteiger partial charge < -0.3 is 0 Å². The maximum Gasteiger partial charge on any atom is 0.160 e. The first-order valence-electron chi connectivity index (χ1n) is 21.1. The molecular weight excluding hydrogens is 769 g/mol. The molecule has 0 amide bonds. The zero-order valence-electron chi connectivity index (χ0n) is 33.7. The third-order valence-electron chi connectivity index (χ3n) is 12.6. The Labute approximate surface area is 366 Å². The van der Waals surface area contributed by atoms with Gasteiger partial charge in [0.15, 0.2) is 5.82 Å². The monoisotopic (exact) mass is 806 g/mol. The Morgan fingerprint density at radius 3 is 1.37 bits per heavy atom. The molecule has 2 aliphatic rings. The van der Waals surface area contributed by atoms with E-state index in [0.29, 0.717) is 5.82 Å². The summed E-state index contributed by atoms with van der Waals surface area (Å²) in [6, 6.07) is 83.4. The van der Waals surface area contributed by atoms with E-state index in [9.17, 15) is 0 Å². The highest BCUT2D eigenvalue weighted by Crippen LogP contribution is 2.62. The van der Waals surface area contributed by atoms with Gasteiger partial charge in [-0.2, -0.15) is 0 Å². The van der Waals surface area contributed by atoms with Crippen LogP contribution in [0.3, 0.4) is 0 Å². The van der Waals surface area contributed by atoms with Gasteiger partial charge in [0.2, 0.25) is 0 Å². The molecule has 62 heavy (non-hydrogen) atoms. The lowest BCUT2D eigenvalue weighted by molar-refractivity contribution is 0.723. The first-order chi connectivity index (χ1) is 30.7. The molecule has 0 saturated heterocycles. The second kappa shape index (κ2) is 14.8. The molecule has 3 heteroatoms. The van der Waals surface area contributed by atoms with E-state index >= 15 is 0 Å². The summed E-state index contributed by atoms with van der Waals surface area (Å²) in [5, 5.41) is 0. The largest absolute Gasteiger partial charge is 0.228 e. The molecule has 1 aliphatic heterocycles. The minimum absolute atomic E-state index is 0.414. The van der Waals surface area contributed by atoms with Crippen LogP contribution in [0.1, 0.15) is 22.3 Å². The fraction of sp³-hybridized carbons (Fsp3) is 0.0169. The van der Waals surface area contributed by atoms with Gasteiger partial charge in [0.25, 0.3) is 0 Å². The van der Waals surface area contributed by atoms with E-state index < -0.39 is 5.41 Å². The van der Waals surface area contributed by atoms with E-state index in [1.54, 1.807) is 0 Å². The van der Waals surface area contributed by atoms with Crippen molar-refractivity contribution < 1.29 is 0 Å². The zero-order chi connectivity index (χ0) is 41.0. The van der Waals surface area contributed by atoms with Gasteiger partial charge in [0.1, 0.15) is 0 Å². The standard InChI is InChI=1S/C59H38N2S/c1-3-16-39(17-4-1)41-20-14-24-46(35-41)55-38-54(40-18-5-2-6-19-40)60-58(61-55)47-25-15-23-44(36-47)42-21-13-22-43(34-42)45-32-33-57-53(37-45)59(52-30-11-12-31-56(52)62-57)50-28-9-7-26-48(50)49-27-8-10-29-51(49)59/h1-38H. The van der Waals surface area contributed by atoms with Crippen molar-refractivity contribution >= 4 is 11.8 Å². The van der Waals surface area contributed by atoms with Crippen molar-refractivity contribution in [2.24, 2.45) is 0 Å². The molecule has 290 valence electrons. The van der Waals surface area contributed by atoms with Crippen LogP contribution in [0.15, 0.2) is 240 Å². The van der Waals surface area contributed by atoms with Crippen molar-refractivity contribution in [2.75, 3.05) is 0 Å². The topological polar surface area (TPSA) is 25.8 Å². The number of benzene rings is 9. The van der Waals surface area contributed by atoms with Crippen molar-refractivity contribution in [1.82, 2.24) is 9.97 Å². The summed E-state index contributed by atoms with van der Waals surface area (Å²) in [4.78, 5) is 13.0. The molecule has 0 atom stereocenters. The van der Waals surface area contributed by atoms with Crippen LogP contribution in [0.2, 0.25) is 0 Å². The van der Waals surface area contributed by atoms with Gasteiger partial charge >= 0.3 is 0 Å². The average molecular weight is 807 g/mol. The van der Waals surface area contributed by atoms with Crippen LogP contribution in [0.25, 0.3) is 78.4 Å². The van der Waals surface area contributed by atoms with Crippen molar-refractivity contribution in [3.05, 3.63) is 253 Å². The first-order valence-corrected chi connectivity index (χ1v) is 22.0. The van der Waals surface area contributed by atoms with Crippen molar-refractivity contribution in [3.8, 4) is 78.4 Å². The summed E-state index contributed by atoms with van der Waals surface area (Å²) in [5.41, 5.74) is 19.4. The molecule has 0 bridgehead atoms. The lowest BCUT2D eigenvalue weighted by Gasteiger charge is -2.40. The number of fused-ring (bicyclic) bond motifs is 9. The van der Waals surface area contributed by atoms with E-state index in [0.717, 1.165) is 44.8 Å². The Morgan fingerprint density at radius 1 is 0.274 bits per heavy atom. The van der Waals surface area contributed by atoms with Gasteiger partial charge in [-0.05, 0) is 109 Å². The highest BCUT2D eigenvalue weighted by Gasteiger charge is 2.50. The second-order valence-electron chi connectivity index (χ2n) is 16.1. The molecule has 2 heterocycles. The van der Waals surface area contributed by atoms with Crippen LogP contribution in [0, 0.1) is 0 Å². The van der Waals surface area contributed by atoms with Gasteiger partial charge in [0.05, 0.1) is 16.8 Å². The van der Waals surface area contributed by atoms with Crippen LogP contribution < -0.4 is 0 Å². The van der Waals surface area contributed by atoms with Crippen LogP contribution in [-0.2, 0) is 5.41 Å². The van der Waals surface area contributed by atoms with E-state index in [1.165, 1.54) is 59.9 Å². The van der Waals surface area contributed by atoms with Crippen LogP contribution >= 0.6 is 11.8 Å². The third kappa shape index (κ3) is 5.96. The predicted molar refractivity (Wildman–Crippen MR) is 256 cm³/mol. The maximum absolute atomic E-state index is 5.24. The Bertz CT molecular complexity index is 3290. The highest BCUT2D eigenvalue weighted by atomic mass is 32.2. The molecule has 10 aromatic rings. The number of hydrogen-bond acceptors (Lipinski definition) is 3. The van der Waals surface area contributed by atoms with E-state index in [2.05, 4.69) is 224 Å². The minimum atomic E-state index is -0.414. The van der Waals surface area contributed by atoms with Crippen molar-refractivity contribution in [1.29, 1.82) is 0 Å². The molecule has 0 saturated carbocycles. The molecule has 0 unspecified atom stereocenters. The Kier molecular flexibility index (Phi) is 8.69. The van der Waals surface area contributed by atoms with Crippen LogP contribution in [0.4, 0.5) is 0 Å². The number of nitrogens with zero attached hydrogens (tertiary/aromatic N) is 2. The zero-order valence-corrected chi connectivity index (χ0v) is 34.6. The Morgan fingerprint density at radius 2 is 0.710 bits per heavy atom. The van der Waals surface area contributed by atoms with Gasteiger partial charge in [-0.25, -0.2) is 9.97 Å². The molecule has 0 fully saturated rings. The maximum atomic E-state index is 5.24. The average Bonchev–Trinajstić information content (AvgIpc) is 3.65. The molecule has 1 spiro atoms. The normalized spacial score (nSPS) is 12.9. The number of rotatable bonds is 6. The van der Waals surface area contributed by atoms with Gasteiger partial charge in [0, 0.05) is 26.5 Å². The third-order valence-corrected chi connectivity index (χ3v) is 13.7. The quantitative estimate of drug-likeness (QED) is 0.167. The van der Waals surface area contributed by atoms with Crippen molar-refractivity contribution in [3.63, 3.8) is 0 Å². The summed E-state index contributed by atoms with van der Waals surface area (Å²) < 4.78 is 0. The molecule has 1 aromatic heterocycles. The first kappa shape index (κ1) is 36.3. The minimum Gasteiger partial charge on any atom is -0.228 e. The SMILES string of the molecule is c1ccc(-c2cccc(-c3cc(-c4ccccc4)nc(-c4cccc(-c5cccc(-c6ccc7c(c6)C6(c8ccccc8S7)c7ccccc7-c7ccccc76)c5)c4)n3)c2)cc1. The molecule has 0 radical (unpaired) electrons. The second-order valence-corrected chi connectivity index (χ2v) is 17.2. The van der Waals surface area contributed by atoms with E-state index in [4.69, 9.17) is 9.97 Å². The van der Waals surface area contributed by atoms with Crippen molar-refractivity contribution in [2.45, 2.75) is 15.2 Å². The fourth-order valence-corrected chi connectivity index (χ4v) is 10.9. The summed E-state index contributed by atoms with van der Waals surface area (Å²) in [6.07, 6.45) is 0. The molecule has 12 rings (SSSR count). The van der Waals surface area contributed by atoms with E-state index in [1.807, 2.05) is 17.8 Å². The lowest BCUT2D eigenvalue weighted by atomic mass is 9.67. The summed E-state index contributed by atoms with van der Waals surface area (Å²) in [6.45, 7) is 0. The highest BCUT2D eigenvalue weighted by molar-refractivity contribution is 7.99. The number of aromatic nitrogens is 2. The summed E-state index contributed by atoms with van der Waals surface area (Å²) in [7, 11) is 0. The predicted octanol–water partition coefficient (Wildman–Crippen LogP) is 15.3. The van der Waals surface area contributed by atoms with Gasteiger partial charge in [-0.3, -0.25) is 0 Å². The Balaban J connectivity index is 0.955. The lowest BCUT2D eigenvalue weighted by Crippen LogP contribution is -2.32. The fourth-order valence-electron chi connectivity index (χ4n) is 9.72. The van der Waals surface area contributed by atoms with Crippen LogP contribution in [0.5, 0.6) is 0 Å². The molecule has 1 aliphatic carbocycles. The van der Waals surface area contributed by atoms with E-state index in [-0.39, 0.29) is 0 Å². The Hall–Kier alpha value is -7.59.